The minimum Gasteiger partial charge on any atom is -0.461 e. The summed E-state index contributed by atoms with van der Waals surface area (Å²) < 4.78 is 5.93. The molecule has 30 heavy (non-hydrogen) atoms. The number of rotatable bonds is 3. The van der Waals surface area contributed by atoms with Crippen LogP contribution >= 0.6 is 11.6 Å². The van der Waals surface area contributed by atoms with Crippen LogP contribution in [-0.4, -0.2) is 36.6 Å². The van der Waals surface area contributed by atoms with Gasteiger partial charge in [-0.15, -0.1) is 0 Å². The molecule has 4 aliphatic rings. The molecule has 5 rings (SSSR count). The molecule has 3 nitrogen and oxygen atoms in total. The van der Waals surface area contributed by atoms with Crippen LogP contribution in [0.15, 0.2) is 42.0 Å². The molecule has 1 saturated carbocycles. The van der Waals surface area contributed by atoms with Crippen LogP contribution in [-0.2, 0) is 9.53 Å². The number of ether oxygens (including phenoxy) is 1. The van der Waals surface area contributed by atoms with E-state index in [0.717, 1.165) is 37.5 Å². The number of hydrogen-bond donors (Lipinski definition) is 0. The number of carbonyl (C=O) groups excluding carboxylic acids is 1. The molecule has 0 amide bonds. The summed E-state index contributed by atoms with van der Waals surface area (Å²) in [5, 5.41) is 0.774. The predicted octanol–water partition coefficient (Wildman–Crippen LogP) is 5.74. The van der Waals surface area contributed by atoms with Gasteiger partial charge in [-0.1, -0.05) is 61.7 Å². The fourth-order valence-electron chi connectivity index (χ4n) is 6.34. The van der Waals surface area contributed by atoms with E-state index in [2.05, 4.69) is 43.0 Å². The minimum absolute atomic E-state index is 0.0178. The second-order valence-corrected chi connectivity index (χ2v) is 10.5. The Labute approximate surface area is 185 Å². The Morgan fingerprint density at radius 1 is 1.27 bits per heavy atom. The quantitative estimate of drug-likeness (QED) is 0.456. The van der Waals surface area contributed by atoms with Crippen molar-refractivity contribution in [1.29, 1.82) is 0 Å². The molecule has 0 unspecified atom stereocenters. The molecule has 2 aliphatic heterocycles. The molecule has 0 N–H and O–H groups in total. The molecule has 1 aromatic rings. The van der Waals surface area contributed by atoms with Gasteiger partial charge in [0.15, 0.2) is 0 Å². The monoisotopic (exact) mass is 425 g/mol. The second kappa shape index (κ2) is 7.84. The zero-order chi connectivity index (χ0) is 20.9. The van der Waals surface area contributed by atoms with E-state index >= 15 is 0 Å². The lowest BCUT2D eigenvalue weighted by Gasteiger charge is -2.46. The Morgan fingerprint density at radius 3 is 2.80 bits per heavy atom. The van der Waals surface area contributed by atoms with Crippen molar-refractivity contribution in [2.45, 2.75) is 52.1 Å². The Bertz CT molecular complexity index is 889. The molecule has 2 fully saturated rings. The largest absolute Gasteiger partial charge is 0.461 e. The molecule has 1 saturated heterocycles. The fraction of sp³-hybridized carbons (Fsp3) is 0.577. The van der Waals surface area contributed by atoms with Gasteiger partial charge in [-0.05, 0) is 60.3 Å². The lowest BCUT2D eigenvalue weighted by Crippen LogP contribution is -2.41. The summed E-state index contributed by atoms with van der Waals surface area (Å²) in [5.41, 5.74) is 4.46. The van der Waals surface area contributed by atoms with Crippen LogP contribution < -0.4 is 0 Å². The summed E-state index contributed by atoms with van der Waals surface area (Å²) in [5.74, 6) is 0.888. The number of carbonyl (C=O) groups is 1. The van der Waals surface area contributed by atoms with Gasteiger partial charge in [0.2, 0.25) is 0 Å². The van der Waals surface area contributed by atoms with Gasteiger partial charge >= 0.3 is 5.97 Å². The third-order valence-corrected chi connectivity index (χ3v) is 8.30. The molecule has 2 aliphatic carbocycles. The van der Waals surface area contributed by atoms with E-state index in [1.54, 1.807) is 5.57 Å². The molecule has 0 radical (unpaired) electrons. The first-order valence-electron chi connectivity index (χ1n) is 11.5. The van der Waals surface area contributed by atoms with E-state index < -0.39 is 0 Å². The number of halogens is 1. The molecule has 4 heteroatoms. The van der Waals surface area contributed by atoms with Crippen molar-refractivity contribution in [3.05, 3.63) is 52.6 Å². The predicted molar refractivity (Wildman–Crippen MR) is 121 cm³/mol. The van der Waals surface area contributed by atoms with E-state index in [9.17, 15) is 4.79 Å². The van der Waals surface area contributed by atoms with Crippen molar-refractivity contribution in [2.75, 3.05) is 19.6 Å². The maximum atomic E-state index is 12.8. The molecule has 0 aromatic heterocycles. The number of fused-ring (bicyclic) bond motifs is 2. The normalized spacial score (nSPS) is 36.4. The zero-order valence-corrected chi connectivity index (χ0v) is 18.8. The molecule has 0 bridgehead atoms. The highest BCUT2D eigenvalue weighted by Gasteiger charge is 2.51. The number of allylic oxidation sites excluding steroid dienone is 1. The van der Waals surface area contributed by atoms with Crippen molar-refractivity contribution in [3.8, 4) is 0 Å². The lowest BCUT2D eigenvalue weighted by molar-refractivity contribution is -0.145. The Morgan fingerprint density at radius 2 is 2.07 bits per heavy atom. The third-order valence-electron chi connectivity index (χ3n) is 8.04. The van der Waals surface area contributed by atoms with Gasteiger partial charge in [-0.2, -0.15) is 0 Å². The van der Waals surface area contributed by atoms with Crippen molar-refractivity contribution in [1.82, 2.24) is 4.90 Å². The van der Waals surface area contributed by atoms with E-state index in [4.69, 9.17) is 16.3 Å². The Kier molecular flexibility index (Phi) is 5.31. The SMILES string of the molecule is C[C@H]1CCC[C@]2(C)C[C@H]3OC(=O)[C@H](CN4CC=C(c5ccc(Cl)cc5)CC4)[C@H]3C=C12. The smallest absolute Gasteiger partial charge is 0.311 e. The van der Waals surface area contributed by atoms with Crippen LogP contribution in [0.1, 0.15) is 51.5 Å². The maximum absolute atomic E-state index is 12.8. The standard InChI is InChI=1S/C26H32ClNO2/c1-17-4-3-11-26(2)15-24-21(14-23(17)26)22(25(29)30-24)16-28-12-9-19(10-13-28)18-5-7-20(27)8-6-18/h5-9,14,17,21-22,24H,3-4,10-13,15-16H2,1-2H3/t17-,21+,22+,24+,26+/m0/s1. The molecule has 160 valence electrons. The molecule has 5 atom stereocenters. The van der Waals surface area contributed by atoms with Gasteiger partial charge in [-0.3, -0.25) is 9.69 Å². The van der Waals surface area contributed by atoms with Gasteiger partial charge in [0.1, 0.15) is 6.10 Å². The highest BCUT2D eigenvalue weighted by Crippen LogP contribution is 2.54. The summed E-state index contributed by atoms with van der Waals surface area (Å²) in [4.78, 5) is 15.2. The summed E-state index contributed by atoms with van der Waals surface area (Å²) in [6.07, 6.45) is 10.7. The van der Waals surface area contributed by atoms with E-state index in [1.807, 2.05) is 12.1 Å². The Balaban J connectivity index is 1.30. The van der Waals surface area contributed by atoms with Gasteiger partial charge in [0.25, 0.3) is 0 Å². The average molecular weight is 426 g/mol. The van der Waals surface area contributed by atoms with Crippen LogP contribution in [0.5, 0.6) is 0 Å². The van der Waals surface area contributed by atoms with Gasteiger partial charge in [0.05, 0.1) is 5.92 Å². The van der Waals surface area contributed by atoms with Crippen molar-refractivity contribution in [2.24, 2.45) is 23.2 Å². The second-order valence-electron chi connectivity index (χ2n) is 10.1. The van der Waals surface area contributed by atoms with Crippen LogP contribution in [0.2, 0.25) is 5.02 Å². The highest BCUT2D eigenvalue weighted by atomic mass is 35.5. The molecular weight excluding hydrogens is 394 g/mol. The molecular formula is C26H32ClNO2. The van der Waals surface area contributed by atoms with Gasteiger partial charge < -0.3 is 4.74 Å². The van der Waals surface area contributed by atoms with Crippen LogP contribution in [0, 0.1) is 23.2 Å². The topological polar surface area (TPSA) is 29.5 Å². The highest BCUT2D eigenvalue weighted by molar-refractivity contribution is 6.30. The Hall–Kier alpha value is -1.58. The minimum atomic E-state index is -0.0216. The molecule has 1 aromatic carbocycles. The summed E-state index contributed by atoms with van der Waals surface area (Å²) in [6, 6.07) is 8.10. The first-order chi connectivity index (χ1) is 14.4. The third kappa shape index (κ3) is 3.65. The lowest BCUT2D eigenvalue weighted by atomic mass is 9.59. The number of nitrogens with zero attached hydrogens (tertiary/aromatic N) is 1. The molecule has 2 heterocycles. The van der Waals surface area contributed by atoms with Crippen molar-refractivity contribution >= 4 is 23.1 Å². The van der Waals surface area contributed by atoms with Crippen LogP contribution in [0.3, 0.4) is 0 Å². The van der Waals surface area contributed by atoms with Gasteiger partial charge in [-0.25, -0.2) is 0 Å². The summed E-state index contributed by atoms with van der Waals surface area (Å²) in [7, 11) is 0. The maximum Gasteiger partial charge on any atom is 0.311 e. The fourth-order valence-corrected chi connectivity index (χ4v) is 6.47. The van der Waals surface area contributed by atoms with Crippen molar-refractivity contribution < 1.29 is 9.53 Å². The first-order valence-corrected chi connectivity index (χ1v) is 11.9. The van der Waals surface area contributed by atoms with E-state index in [-0.39, 0.29) is 29.3 Å². The summed E-state index contributed by atoms with van der Waals surface area (Å²) in [6.45, 7) is 7.44. The van der Waals surface area contributed by atoms with E-state index in [1.165, 1.54) is 30.4 Å². The summed E-state index contributed by atoms with van der Waals surface area (Å²) >= 11 is 6.02. The average Bonchev–Trinajstić information content (AvgIpc) is 3.01. The first kappa shape index (κ1) is 20.3. The molecule has 0 spiro atoms. The number of esters is 1. The number of hydrogen-bond acceptors (Lipinski definition) is 3. The van der Waals surface area contributed by atoms with Gasteiger partial charge in [0, 0.05) is 30.6 Å². The number of benzene rings is 1. The van der Waals surface area contributed by atoms with E-state index in [0.29, 0.717) is 5.92 Å². The van der Waals surface area contributed by atoms with Crippen molar-refractivity contribution in [3.63, 3.8) is 0 Å². The zero-order valence-electron chi connectivity index (χ0n) is 18.1. The van der Waals surface area contributed by atoms with Crippen LogP contribution in [0.4, 0.5) is 0 Å². The van der Waals surface area contributed by atoms with Crippen LogP contribution in [0.25, 0.3) is 5.57 Å².